The van der Waals surface area contributed by atoms with E-state index in [4.69, 9.17) is 0 Å². The van der Waals surface area contributed by atoms with Crippen molar-refractivity contribution in [2.24, 2.45) is 0 Å². The van der Waals surface area contributed by atoms with Gasteiger partial charge in [0.05, 0.1) is 6.61 Å². The van der Waals surface area contributed by atoms with Gasteiger partial charge in [0, 0.05) is 6.04 Å². The summed E-state index contributed by atoms with van der Waals surface area (Å²) in [4.78, 5) is 10.6. The average Bonchev–Trinajstić information content (AvgIpc) is 2.50. The minimum absolute atomic E-state index is 0. The Morgan fingerprint density at radius 3 is 2.70 bits per heavy atom. The third-order valence-electron chi connectivity index (χ3n) is 1.17. The Balaban J connectivity index is 0.000000810. The maximum Gasteiger partial charge on any atom is 0.407 e. The molecule has 1 N–H and O–H groups in total. The molecule has 0 aromatic carbocycles. The highest BCUT2D eigenvalue weighted by Gasteiger charge is 2.23. The van der Waals surface area contributed by atoms with Crippen LogP contribution in [0.1, 0.15) is 19.8 Å². The second kappa shape index (κ2) is 4.39. The smallest absolute Gasteiger partial charge is 0.407 e. The minimum atomic E-state index is -0.278. The van der Waals surface area contributed by atoms with E-state index < -0.39 is 0 Å². The van der Waals surface area contributed by atoms with Gasteiger partial charge < -0.3 is 10.1 Å². The van der Waals surface area contributed by atoms with Crippen molar-refractivity contribution in [3.63, 3.8) is 0 Å². The molecule has 0 aromatic heterocycles. The molecule has 1 amide bonds. The molecule has 60 valence electrons. The summed E-state index contributed by atoms with van der Waals surface area (Å²) in [7, 11) is 0. The van der Waals surface area contributed by atoms with Gasteiger partial charge >= 0.3 is 6.09 Å². The SMILES string of the molecule is CCOC(=O)NC1CC1.Cl. The molecule has 1 aliphatic carbocycles. The number of amides is 1. The number of carbonyl (C=O) groups is 1. The van der Waals surface area contributed by atoms with E-state index >= 15 is 0 Å². The highest BCUT2D eigenvalue weighted by Crippen LogP contribution is 2.18. The van der Waals surface area contributed by atoms with Crippen LogP contribution in [0, 0.1) is 0 Å². The molecule has 4 heteroatoms. The summed E-state index contributed by atoms with van der Waals surface area (Å²) in [5, 5.41) is 2.69. The minimum Gasteiger partial charge on any atom is -0.450 e. The summed E-state index contributed by atoms with van der Waals surface area (Å²) in [6.45, 7) is 2.25. The van der Waals surface area contributed by atoms with Crippen LogP contribution in [0.4, 0.5) is 4.79 Å². The normalized spacial score (nSPS) is 15.3. The molecule has 0 aromatic rings. The fourth-order valence-electron chi connectivity index (χ4n) is 0.567. The van der Waals surface area contributed by atoms with Crippen molar-refractivity contribution >= 4 is 18.5 Å². The third-order valence-corrected chi connectivity index (χ3v) is 1.17. The van der Waals surface area contributed by atoms with Crippen molar-refractivity contribution < 1.29 is 9.53 Å². The summed E-state index contributed by atoms with van der Waals surface area (Å²) in [6.07, 6.45) is 1.94. The standard InChI is InChI=1S/C6H11NO2.ClH/c1-2-9-6(8)7-5-3-4-5;/h5H,2-4H2,1H3,(H,7,8);1H. The zero-order chi connectivity index (χ0) is 6.69. The molecule has 0 bridgehead atoms. The van der Waals surface area contributed by atoms with Crippen LogP contribution in [0.15, 0.2) is 0 Å². The van der Waals surface area contributed by atoms with Crippen LogP contribution < -0.4 is 5.32 Å². The van der Waals surface area contributed by atoms with Crippen LogP contribution in [-0.4, -0.2) is 18.7 Å². The Hall–Kier alpha value is -0.440. The summed E-state index contributed by atoms with van der Waals surface area (Å²) >= 11 is 0. The monoisotopic (exact) mass is 165 g/mol. The van der Waals surface area contributed by atoms with E-state index in [2.05, 4.69) is 10.1 Å². The predicted molar refractivity (Wildman–Crippen MR) is 40.4 cm³/mol. The van der Waals surface area contributed by atoms with Gasteiger partial charge in [0.25, 0.3) is 0 Å². The molecular weight excluding hydrogens is 154 g/mol. The molecule has 1 rings (SSSR count). The van der Waals surface area contributed by atoms with Crippen LogP contribution in [0.25, 0.3) is 0 Å². The predicted octanol–water partition coefficient (Wildman–Crippen LogP) is 1.32. The van der Waals surface area contributed by atoms with Crippen molar-refractivity contribution in [3.05, 3.63) is 0 Å². The molecule has 0 heterocycles. The van der Waals surface area contributed by atoms with Gasteiger partial charge in [-0.15, -0.1) is 12.4 Å². The topological polar surface area (TPSA) is 38.3 Å². The lowest BCUT2D eigenvalue weighted by molar-refractivity contribution is 0.151. The van der Waals surface area contributed by atoms with E-state index in [-0.39, 0.29) is 18.5 Å². The largest absolute Gasteiger partial charge is 0.450 e. The maximum atomic E-state index is 10.6. The molecule has 0 radical (unpaired) electrons. The Morgan fingerprint density at radius 2 is 2.30 bits per heavy atom. The molecule has 0 atom stereocenters. The van der Waals surface area contributed by atoms with Crippen LogP contribution in [-0.2, 0) is 4.74 Å². The van der Waals surface area contributed by atoms with Gasteiger partial charge in [-0.2, -0.15) is 0 Å². The fraction of sp³-hybridized carbons (Fsp3) is 0.833. The maximum absolute atomic E-state index is 10.6. The van der Waals surface area contributed by atoms with E-state index in [1.807, 2.05) is 0 Å². The third kappa shape index (κ3) is 3.56. The Labute approximate surface area is 66.5 Å². The summed E-state index contributed by atoms with van der Waals surface area (Å²) in [5.41, 5.74) is 0. The number of hydrogen-bond acceptors (Lipinski definition) is 2. The number of nitrogens with one attached hydrogen (secondary N) is 1. The zero-order valence-electron chi connectivity index (χ0n) is 5.92. The highest BCUT2D eigenvalue weighted by atomic mass is 35.5. The first-order valence-corrected chi connectivity index (χ1v) is 3.26. The summed E-state index contributed by atoms with van der Waals surface area (Å²) in [6, 6.07) is 0.407. The van der Waals surface area contributed by atoms with Gasteiger partial charge in [-0.25, -0.2) is 4.79 Å². The number of alkyl carbamates (subject to hydrolysis) is 1. The molecule has 0 saturated heterocycles. The number of ether oxygens (including phenoxy) is 1. The number of hydrogen-bond donors (Lipinski definition) is 1. The van der Waals surface area contributed by atoms with Gasteiger partial charge in [0.2, 0.25) is 0 Å². The zero-order valence-corrected chi connectivity index (χ0v) is 6.74. The van der Waals surface area contributed by atoms with Crippen molar-refractivity contribution in [3.8, 4) is 0 Å². The first kappa shape index (κ1) is 9.56. The van der Waals surface area contributed by atoms with E-state index in [9.17, 15) is 4.79 Å². The Bertz CT molecular complexity index is 114. The van der Waals surface area contributed by atoms with Crippen molar-refractivity contribution in [2.75, 3.05) is 6.61 Å². The second-order valence-corrected chi connectivity index (χ2v) is 2.14. The van der Waals surface area contributed by atoms with Crippen molar-refractivity contribution in [1.29, 1.82) is 0 Å². The summed E-state index contributed by atoms with van der Waals surface area (Å²) < 4.78 is 4.64. The first-order valence-electron chi connectivity index (χ1n) is 3.26. The molecule has 0 spiro atoms. The molecule has 1 saturated carbocycles. The molecular formula is C6H12ClNO2. The van der Waals surface area contributed by atoms with E-state index in [0.717, 1.165) is 12.8 Å². The van der Waals surface area contributed by atoms with E-state index in [1.54, 1.807) is 6.92 Å². The number of carbonyl (C=O) groups excluding carboxylic acids is 1. The molecule has 10 heavy (non-hydrogen) atoms. The van der Waals surface area contributed by atoms with Crippen LogP contribution in [0.2, 0.25) is 0 Å². The van der Waals surface area contributed by atoms with Gasteiger partial charge in [0.15, 0.2) is 0 Å². The van der Waals surface area contributed by atoms with Crippen LogP contribution in [0.3, 0.4) is 0 Å². The van der Waals surface area contributed by atoms with Gasteiger partial charge in [0.1, 0.15) is 0 Å². The lowest BCUT2D eigenvalue weighted by Crippen LogP contribution is -2.25. The van der Waals surface area contributed by atoms with E-state index in [1.165, 1.54) is 0 Å². The van der Waals surface area contributed by atoms with Crippen molar-refractivity contribution in [1.82, 2.24) is 5.32 Å². The molecule has 0 unspecified atom stereocenters. The highest BCUT2D eigenvalue weighted by molar-refractivity contribution is 5.85. The van der Waals surface area contributed by atoms with Crippen LogP contribution in [0.5, 0.6) is 0 Å². The fourth-order valence-corrected chi connectivity index (χ4v) is 0.567. The van der Waals surface area contributed by atoms with Gasteiger partial charge in [-0.1, -0.05) is 0 Å². The Morgan fingerprint density at radius 1 is 1.70 bits per heavy atom. The van der Waals surface area contributed by atoms with E-state index in [0.29, 0.717) is 12.6 Å². The van der Waals surface area contributed by atoms with Crippen LogP contribution >= 0.6 is 12.4 Å². The number of halogens is 1. The number of rotatable bonds is 2. The second-order valence-electron chi connectivity index (χ2n) is 2.14. The molecule has 1 aliphatic rings. The Kier molecular flexibility index (Phi) is 4.19. The summed E-state index contributed by atoms with van der Waals surface area (Å²) in [5.74, 6) is 0. The van der Waals surface area contributed by atoms with Gasteiger partial charge in [-0.3, -0.25) is 0 Å². The molecule has 3 nitrogen and oxygen atoms in total. The lowest BCUT2D eigenvalue weighted by atomic mass is 10.7. The first-order chi connectivity index (χ1) is 4.33. The lowest BCUT2D eigenvalue weighted by Gasteiger charge is -2.00. The van der Waals surface area contributed by atoms with Crippen molar-refractivity contribution in [2.45, 2.75) is 25.8 Å². The molecule has 0 aliphatic heterocycles. The van der Waals surface area contributed by atoms with Gasteiger partial charge in [-0.05, 0) is 19.8 Å². The average molecular weight is 166 g/mol. The quantitative estimate of drug-likeness (QED) is 0.670. The molecule has 1 fully saturated rings.